The smallest absolute Gasteiger partial charge is 0.245 e. The monoisotopic (exact) mass is 330 g/mol. The number of para-hydroxylation sites is 2. The van der Waals surface area contributed by atoms with Crippen LogP contribution in [0.1, 0.15) is 19.3 Å². The van der Waals surface area contributed by atoms with Gasteiger partial charge in [-0.1, -0.05) is 12.1 Å². The molecule has 0 spiro atoms. The Balaban J connectivity index is 1.73. The highest BCUT2D eigenvalue weighted by Crippen LogP contribution is 2.30. The molecule has 1 atom stereocenters. The van der Waals surface area contributed by atoms with E-state index in [1.54, 1.807) is 11.2 Å². The summed E-state index contributed by atoms with van der Waals surface area (Å²) in [5.41, 5.74) is 6.46. The van der Waals surface area contributed by atoms with Gasteiger partial charge < -0.3 is 19.9 Å². The van der Waals surface area contributed by atoms with Gasteiger partial charge in [0.2, 0.25) is 11.8 Å². The van der Waals surface area contributed by atoms with Gasteiger partial charge in [-0.2, -0.15) is 0 Å². The summed E-state index contributed by atoms with van der Waals surface area (Å²) in [4.78, 5) is 30.6. The molecule has 1 aromatic carbocycles. The van der Waals surface area contributed by atoms with Crippen LogP contribution < -0.4 is 5.73 Å². The Labute approximate surface area is 140 Å². The van der Waals surface area contributed by atoms with E-state index in [0.29, 0.717) is 25.9 Å². The summed E-state index contributed by atoms with van der Waals surface area (Å²) in [5.74, 6) is -0.579. The number of ether oxygens (including phenoxy) is 1. The lowest BCUT2D eigenvalue weighted by molar-refractivity contribution is -0.146. The zero-order valence-electron chi connectivity index (χ0n) is 13.8. The van der Waals surface area contributed by atoms with Crippen molar-refractivity contribution in [3.63, 3.8) is 0 Å². The molecule has 1 aromatic heterocycles. The first-order valence-corrected chi connectivity index (χ1v) is 8.08. The average Bonchev–Trinajstić information content (AvgIpc) is 3.18. The third-order valence-corrected chi connectivity index (χ3v) is 4.73. The van der Waals surface area contributed by atoms with Crippen LogP contribution in [0.4, 0.5) is 0 Å². The van der Waals surface area contributed by atoms with Crippen LogP contribution in [0.3, 0.4) is 0 Å². The molecule has 128 valence electrons. The second kappa shape index (κ2) is 6.60. The largest absolute Gasteiger partial charge is 0.382 e. The van der Waals surface area contributed by atoms with Crippen molar-refractivity contribution in [1.82, 2.24) is 14.5 Å². The molecule has 7 nitrogen and oxygen atoms in total. The summed E-state index contributed by atoms with van der Waals surface area (Å²) in [6, 6.07) is 7.78. The van der Waals surface area contributed by atoms with Crippen LogP contribution in [0, 0.1) is 0 Å². The fraction of sp³-hybridized carbons (Fsp3) is 0.471. The third-order valence-electron chi connectivity index (χ3n) is 4.73. The van der Waals surface area contributed by atoms with E-state index in [1.165, 1.54) is 7.11 Å². The molecular weight excluding hydrogens is 308 g/mol. The number of nitrogens with zero attached hydrogens (tertiary/aromatic N) is 3. The van der Waals surface area contributed by atoms with Crippen molar-refractivity contribution < 1.29 is 14.3 Å². The fourth-order valence-corrected chi connectivity index (χ4v) is 3.50. The minimum Gasteiger partial charge on any atom is -0.382 e. The second-order valence-corrected chi connectivity index (χ2v) is 6.15. The highest BCUT2D eigenvalue weighted by molar-refractivity contribution is 5.91. The van der Waals surface area contributed by atoms with Crippen LogP contribution >= 0.6 is 0 Å². The summed E-state index contributed by atoms with van der Waals surface area (Å²) in [6.45, 7) is 1.19. The maximum atomic E-state index is 12.7. The number of hydrogen-bond donors (Lipinski definition) is 1. The van der Waals surface area contributed by atoms with E-state index >= 15 is 0 Å². The molecular formula is C17H22N4O3. The van der Waals surface area contributed by atoms with E-state index in [-0.39, 0.29) is 12.5 Å². The number of rotatable bonds is 6. The Morgan fingerprint density at radius 3 is 2.92 bits per heavy atom. The average molecular weight is 330 g/mol. The molecule has 2 heterocycles. The van der Waals surface area contributed by atoms with E-state index in [9.17, 15) is 9.59 Å². The molecule has 1 aliphatic heterocycles. The third kappa shape index (κ3) is 2.75. The number of primary amides is 1. The summed E-state index contributed by atoms with van der Waals surface area (Å²) in [6.07, 6.45) is 3.33. The van der Waals surface area contributed by atoms with Crippen molar-refractivity contribution >= 4 is 22.8 Å². The van der Waals surface area contributed by atoms with Crippen LogP contribution in [0.25, 0.3) is 11.0 Å². The summed E-state index contributed by atoms with van der Waals surface area (Å²) in [7, 11) is 1.52. The quantitative estimate of drug-likeness (QED) is 0.853. The van der Waals surface area contributed by atoms with Gasteiger partial charge in [0.25, 0.3) is 0 Å². The molecule has 2 N–H and O–H groups in total. The zero-order valence-corrected chi connectivity index (χ0v) is 13.8. The van der Waals surface area contributed by atoms with Crippen LogP contribution in [-0.2, 0) is 20.9 Å². The van der Waals surface area contributed by atoms with Gasteiger partial charge in [-0.3, -0.25) is 9.59 Å². The number of nitrogens with two attached hydrogens (primary N) is 1. The Bertz CT molecular complexity index is 757. The van der Waals surface area contributed by atoms with E-state index in [1.807, 2.05) is 28.8 Å². The Kier molecular flexibility index (Phi) is 4.53. The van der Waals surface area contributed by atoms with Crippen molar-refractivity contribution in [3.8, 4) is 0 Å². The van der Waals surface area contributed by atoms with E-state index in [0.717, 1.165) is 17.5 Å². The van der Waals surface area contributed by atoms with Crippen LogP contribution in [0.2, 0.25) is 0 Å². The SMILES string of the molecule is COCC1(C(N)=O)CCCN1C(=O)CCn1cnc2ccccc21. The molecule has 1 fully saturated rings. The summed E-state index contributed by atoms with van der Waals surface area (Å²) < 4.78 is 7.12. The number of carbonyl (C=O) groups excluding carboxylic acids is 2. The highest BCUT2D eigenvalue weighted by atomic mass is 16.5. The number of aryl methyl sites for hydroxylation is 1. The van der Waals surface area contributed by atoms with E-state index in [2.05, 4.69) is 4.98 Å². The van der Waals surface area contributed by atoms with E-state index < -0.39 is 11.4 Å². The highest BCUT2D eigenvalue weighted by Gasteiger charge is 2.48. The van der Waals surface area contributed by atoms with Crippen molar-refractivity contribution in [2.75, 3.05) is 20.3 Å². The van der Waals surface area contributed by atoms with Gasteiger partial charge in [-0.15, -0.1) is 0 Å². The minimum absolute atomic E-state index is 0.0823. The molecule has 1 saturated heterocycles. The lowest BCUT2D eigenvalue weighted by Crippen LogP contribution is -2.58. The van der Waals surface area contributed by atoms with Gasteiger partial charge >= 0.3 is 0 Å². The van der Waals surface area contributed by atoms with Gasteiger partial charge in [0.15, 0.2) is 0 Å². The molecule has 3 rings (SSSR count). The van der Waals surface area contributed by atoms with Crippen molar-refractivity contribution in [3.05, 3.63) is 30.6 Å². The number of likely N-dealkylation sites (tertiary alicyclic amines) is 1. The van der Waals surface area contributed by atoms with Gasteiger partial charge in [-0.05, 0) is 25.0 Å². The number of benzene rings is 1. The number of aromatic nitrogens is 2. The fourth-order valence-electron chi connectivity index (χ4n) is 3.50. The van der Waals surface area contributed by atoms with Gasteiger partial charge in [0.05, 0.1) is 24.0 Å². The first kappa shape index (κ1) is 16.4. The Morgan fingerprint density at radius 1 is 1.38 bits per heavy atom. The number of carbonyl (C=O) groups is 2. The Morgan fingerprint density at radius 2 is 2.17 bits per heavy atom. The van der Waals surface area contributed by atoms with Gasteiger partial charge in [0, 0.05) is 26.6 Å². The molecule has 1 unspecified atom stereocenters. The maximum Gasteiger partial charge on any atom is 0.245 e. The number of imidazole rings is 1. The molecule has 0 aliphatic carbocycles. The lowest BCUT2D eigenvalue weighted by Gasteiger charge is -2.35. The normalized spacial score (nSPS) is 20.6. The number of amides is 2. The number of fused-ring (bicyclic) bond motifs is 1. The maximum absolute atomic E-state index is 12.7. The van der Waals surface area contributed by atoms with Crippen molar-refractivity contribution in [2.45, 2.75) is 31.3 Å². The van der Waals surface area contributed by atoms with Crippen LogP contribution in [0.5, 0.6) is 0 Å². The predicted molar refractivity (Wildman–Crippen MR) is 89.1 cm³/mol. The molecule has 24 heavy (non-hydrogen) atoms. The number of hydrogen-bond acceptors (Lipinski definition) is 4. The standard InChI is InChI=1S/C17H22N4O3/c1-24-11-17(16(18)23)8-4-9-21(17)15(22)7-10-20-12-19-13-5-2-3-6-14(13)20/h2-3,5-6,12H,4,7-11H2,1H3,(H2,18,23). The first-order chi connectivity index (χ1) is 11.6. The molecule has 7 heteroatoms. The molecule has 2 amide bonds. The van der Waals surface area contributed by atoms with Gasteiger partial charge in [0.1, 0.15) is 5.54 Å². The van der Waals surface area contributed by atoms with Crippen LogP contribution in [0.15, 0.2) is 30.6 Å². The van der Waals surface area contributed by atoms with Crippen LogP contribution in [-0.4, -0.2) is 52.1 Å². The van der Waals surface area contributed by atoms with E-state index in [4.69, 9.17) is 10.5 Å². The molecule has 0 radical (unpaired) electrons. The molecule has 0 saturated carbocycles. The lowest BCUT2D eigenvalue weighted by atomic mass is 9.96. The van der Waals surface area contributed by atoms with Crippen molar-refractivity contribution in [2.24, 2.45) is 5.73 Å². The Hall–Kier alpha value is -2.41. The number of methoxy groups -OCH3 is 1. The summed E-state index contributed by atoms with van der Waals surface area (Å²) >= 11 is 0. The predicted octanol–water partition coefficient (Wildman–Crippen LogP) is 0.919. The topological polar surface area (TPSA) is 90.5 Å². The molecule has 0 bridgehead atoms. The zero-order chi connectivity index (χ0) is 17.2. The summed E-state index contributed by atoms with van der Waals surface area (Å²) in [5, 5.41) is 0. The molecule has 2 aromatic rings. The molecule has 1 aliphatic rings. The van der Waals surface area contributed by atoms with Crippen molar-refractivity contribution in [1.29, 1.82) is 0 Å². The van der Waals surface area contributed by atoms with Gasteiger partial charge in [-0.25, -0.2) is 4.98 Å². The first-order valence-electron chi connectivity index (χ1n) is 8.08. The minimum atomic E-state index is -1.01. The second-order valence-electron chi connectivity index (χ2n) is 6.15.